The molecule has 2 aromatic heterocycles. The lowest BCUT2D eigenvalue weighted by Gasteiger charge is -2.10. The Kier molecular flexibility index (Phi) is 4.17. The largest absolute Gasteiger partial charge is 0.419 e. The Hall–Kier alpha value is -2.94. The number of anilines is 2. The molecule has 2 heterocycles. The van der Waals surface area contributed by atoms with Gasteiger partial charge >= 0.3 is 6.18 Å². The Morgan fingerprint density at radius 3 is 2.46 bits per heavy atom. The van der Waals surface area contributed by atoms with Gasteiger partial charge in [0.05, 0.1) is 17.7 Å². The van der Waals surface area contributed by atoms with Crippen LogP contribution in [0.1, 0.15) is 11.5 Å². The summed E-state index contributed by atoms with van der Waals surface area (Å²) in [6.07, 6.45) is -2.84. The fourth-order valence-corrected chi connectivity index (χ4v) is 2.00. The number of benzene rings is 1. The summed E-state index contributed by atoms with van der Waals surface area (Å²) < 4.78 is 43.2. The summed E-state index contributed by atoms with van der Waals surface area (Å²) in [5.41, 5.74) is 5.67. The highest BCUT2D eigenvalue weighted by Gasteiger charge is 2.30. The van der Waals surface area contributed by atoms with Gasteiger partial charge in [-0.15, -0.1) is 10.2 Å². The minimum atomic E-state index is -4.38. The van der Waals surface area contributed by atoms with Crippen LogP contribution in [-0.2, 0) is 12.7 Å². The number of nitrogens with one attached hydrogen (secondary N) is 1. The molecule has 1 aromatic carbocycles. The van der Waals surface area contributed by atoms with Gasteiger partial charge in [-0.3, -0.25) is 0 Å². The lowest BCUT2D eigenvalue weighted by Crippen LogP contribution is -2.04. The second-order valence-corrected chi connectivity index (χ2v) is 4.80. The second kappa shape index (κ2) is 6.28. The van der Waals surface area contributed by atoms with Crippen molar-refractivity contribution in [1.29, 1.82) is 0 Å². The molecule has 0 spiro atoms. The van der Waals surface area contributed by atoms with Crippen molar-refractivity contribution in [2.45, 2.75) is 12.7 Å². The van der Waals surface area contributed by atoms with Gasteiger partial charge in [-0.05, 0) is 36.4 Å². The quantitative estimate of drug-likeness (QED) is 0.760. The Morgan fingerprint density at radius 1 is 1.08 bits per heavy atom. The first-order chi connectivity index (χ1) is 11.5. The molecule has 0 aliphatic heterocycles. The van der Waals surface area contributed by atoms with Gasteiger partial charge in [0, 0.05) is 11.9 Å². The van der Waals surface area contributed by atoms with Crippen molar-refractivity contribution < 1.29 is 17.6 Å². The van der Waals surface area contributed by atoms with Crippen molar-refractivity contribution in [2.75, 3.05) is 5.32 Å². The molecule has 24 heavy (non-hydrogen) atoms. The average Bonchev–Trinajstić information content (AvgIpc) is 3.04. The van der Waals surface area contributed by atoms with Crippen LogP contribution in [0.5, 0.6) is 0 Å². The van der Waals surface area contributed by atoms with Crippen LogP contribution >= 0.6 is 0 Å². The van der Waals surface area contributed by atoms with Gasteiger partial charge in [0.2, 0.25) is 5.89 Å². The summed E-state index contributed by atoms with van der Waals surface area (Å²) in [7, 11) is 0. The number of nitrogens with two attached hydrogens (primary N) is 1. The van der Waals surface area contributed by atoms with Crippen LogP contribution in [0, 0.1) is 0 Å². The van der Waals surface area contributed by atoms with E-state index >= 15 is 0 Å². The second-order valence-electron chi connectivity index (χ2n) is 4.80. The number of alkyl halides is 3. The van der Waals surface area contributed by atoms with Crippen molar-refractivity contribution in [2.24, 2.45) is 5.73 Å². The summed E-state index contributed by atoms with van der Waals surface area (Å²) in [6, 6.07) is 8.00. The SMILES string of the molecule is NCc1nnc(-c2cccnc2Nc2ccc(C(F)(F)F)cc2)o1. The predicted molar refractivity (Wildman–Crippen MR) is 80.1 cm³/mol. The van der Waals surface area contributed by atoms with E-state index in [0.29, 0.717) is 17.1 Å². The van der Waals surface area contributed by atoms with Crippen molar-refractivity contribution in [3.63, 3.8) is 0 Å². The monoisotopic (exact) mass is 335 g/mol. The molecule has 0 bridgehead atoms. The molecule has 0 unspecified atom stereocenters. The van der Waals surface area contributed by atoms with Gasteiger partial charge in [0.1, 0.15) is 5.82 Å². The first-order valence-corrected chi connectivity index (χ1v) is 6.89. The Balaban J connectivity index is 1.88. The van der Waals surface area contributed by atoms with Gasteiger partial charge in [-0.25, -0.2) is 4.98 Å². The number of halogens is 3. The summed E-state index contributed by atoms with van der Waals surface area (Å²) >= 11 is 0. The van der Waals surface area contributed by atoms with Crippen LogP contribution in [0.2, 0.25) is 0 Å². The molecular weight excluding hydrogens is 323 g/mol. The number of nitrogens with zero attached hydrogens (tertiary/aromatic N) is 3. The van der Waals surface area contributed by atoms with E-state index in [2.05, 4.69) is 20.5 Å². The van der Waals surface area contributed by atoms with Crippen LogP contribution < -0.4 is 11.1 Å². The highest BCUT2D eigenvalue weighted by Crippen LogP contribution is 2.31. The molecule has 0 atom stereocenters. The first kappa shape index (κ1) is 15.9. The number of pyridine rings is 1. The molecule has 3 aromatic rings. The predicted octanol–water partition coefficient (Wildman–Crippen LogP) is 3.35. The van der Waals surface area contributed by atoms with Crippen LogP contribution in [-0.4, -0.2) is 15.2 Å². The molecule has 0 aliphatic rings. The van der Waals surface area contributed by atoms with E-state index in [1.807, 2.05) is 0 Å². The van der Waals surface area contributed by atoms with E-state index in [0.717, 1.165) is 12.1 Å². The Morgan fingerprint density at radius 2 is 1.83 bits per heavy atom. The van der Waals surface area contributed by atoms with E-state index in [-0.39, 0.29) is 18.3 Å². The third-order valence-corrected chi connectivity index (χ3v) is 3.15. The molecule has 0 saturated heterocycles. The molecule has 9 heteroatoms. The van der Waals surface area contributed by atoms with Crippen molar-refractivity contribution >= 4 is 11.5 Å². The molecule has 0 fully saturated rings. The van der Waals surface area contributed by atoms with Gasteiger partial charge < -0.3 is 15.5 Å². The Labute approximate surface area is 134 Å². The third-order valence-electron chi connectivity index (χ3n) is 3.15. The van der Waals surface area contributed by atoms with Crippen molar-refractivity contribution in [3.05, 3.63) is 54.0 Å². The van der Waals surface area contributed by atoms with E-state index in [1.165, 1.54) is 18.3 Å². The highest BCUT2D eigenvalue weighted by atomic mass is 19.4. The zero-order chi connectivity index (χ0) is 17.2. The zero-order valence-electron chi connectivity index (χ0n) is 12.2. The number of rotatable bonds is 4. The highest BCUT2D eigenvalue weighted by molar-refractivity contribution is 5.73. The number of hydrogen-bond acceptors (Lipinski definition) is 6. The van der Waals surface area contributed by atoms with E-state index < -0.39 is 11.7 Å². The standard InChI is InChI=1S/C15H12F3N5O/c16-15(17,18)9-3-5-10(6-4-9)21-13-11(2-1-7-20-13)14-23-22-12(8-19)24-14/h1-7H,8,19H2,(H,20,21). The summed E-state index contributed by atoms with van der Waals surface area (Å²) in [4.78, 5) is 4.16. The smallest absolute Gasteiger partial charge is 0.416 e. The lowest BCUT2D eigenvalue weighted by atomic mass is 10.2. The molecule has 3 N–H and O–H groups in total. The number of aromatic nitrogens is 3. The minimum Gasteiger partial charge on any atom is -0.419 e. The minimum absolute atomic E-state index is 0.106. The van der Waals surface area contributed by atoms with Crippen LogP contribution in [0.15, 0.2) is 47.0 Å². The maximum absolute atomic E-state index is 12.6. The molecule has 0 saturated carbocycles. The van der Waals surface area contributed by atoms with Crippen molar-refractivity contribution in [3.8, 4) is 11.5 Å². The summed E-state index contributed by atoms with van der Waals surface area (Å²) in [5, 5.41) is 10.6. The maximum Gasteiger partial charge on any atom is 0.416 e. The first-order valence-electron chi connectivity index (χ1n) is 6.89. The topological polar surface area (TPSA) is 89.9 Å². The van der Waals surface area contributed by atoms with Gasteiger partial charge in [0.25, 0.3) is 5.89 Å². The molecule has 3 rings (SSSR count). The van der Waals surface area contributed by atoms with E-state index in [1.54, 1.807) is 12.1 Å². The molecule has 0 amide bonds. The van der Waals surface area contributed by atoms with Gasteiger partial charge in [-0.2, -0.15) is 13.2 Å². The molecular formula is C15H12F3N5O. The molecule has 6 nitrogen and oxygen atoms in total. The fourth-order valence-electron chi connectivity index (χ4n) is 2.00. The fraction of sp³-hybridized carbons (Fsp3) is 0.133. The maximum atomic E-state index is 12.6. The van der Waals surface area contributed by atoms with Gasteiger partial charge in [0.15, 0.2) is 0 Å². The van der Waals surface area contributed by atoms with Crippen molar-refractivity contribution in [1.82, 2.24) is 15.2 Å². The van der Waals surface area contributed by atoms with Crippen LogP contribution in [0.25, 0.3) is 11.5 Å². The lowest BCUT2D eigenvalue weighted by molar-refractivity contribution is -0.137. The summed E-state index contributed by atoms with van der Waals surface area (Å²) in [6.45, 7) is 0.106. The molecule has 124 valence electrons. The van der Waals surface area contributed by atoms with Gasteiger partial charge in [-0.1, -0.05) is 0 Å². The van der Waals surface area contributed by atoms with Crippen LogP contribution in [0.4, 0.5) is 24.7 Å². The Bertz CT molecular complexity index is 830. The summed E-state index contributed by atoms with van der Waals surface area (Å²) in [5.74, 6) is 0.872. The molecule has 0 aliphatic carbocycles. The zero-order valence-corrected chi connectivity index (χ0v) is 12.2. The van der Waals surface area contributed by atoms with E-state index in [4.69, 9.17) is 10.2 Å². The number of hydrogen-bond donors (Lipinski definition) is 2. The average molecular weight is 335 g/mol. The molecule has 0 radical (unpaired) electrons. The van der Waals surface area contributed by atoms with E-state index in [9.17, 15) is 13.2 Å². The third kappa shape index (κ3) is 3.35. The normalized spacial score (nSPS) is 11.5. The van der Waals surface area contributed by atoms with Crippen LogP contribution in [0.3, 0.4) is 0 Å².